The van der Waals surface area contributed by atoms with Crippen LogP contribution in [0.1, 0.15) is 36.9 Å². The molecule has 2 N–H and O–H groups in total. The second-order valence-electron chi connectivity index (χ2n) is 5.13. The predicted molar refractivity (Wildman–Crippen MR) is 83.4 cm³/mol. The highest BCUT2D eigenvalue weighted by molar-refractivity contribution is 7.71. The second-order valence-corrected chi connectivity index (χ2v) is 6.60. The average molecular weight is 309 g/mol. The molecule has 0 spiro atoms. The molecule has 3 heterocycles. The van der Waals surface area contributed by atoms with Crippen molar-refractivity contribution < 1.29 is 0 Å². The number of nitrogens with one attached hydrogen (secondary N) is 2. The van der Waals surface area contributed by atoms with Crippen LogP contribution in [-0.2, 0) is 13.0 Å². The summed E-state index contributed by atoms with van der Waals surface area (Å²) in [5, 5.41) is 7.10. The SMILES string of the molecule is CCCc1nc(CN2CCCC2)sc1-c1nc(=S)[nH][nH]1. The molecule has 1 fully saturated rings. The normalized spacial score (nSPS) is 16.1. The van der Waals surface area contributed by atoms with E-state index in [2.05, 4.69) is 27.0 Å². The first-order valence-electron chi connectivity index (χ1n) is 7.12. The molecule has 1 aliphatic rings. The van der Waals surface area contributed by atoms with Gasteiger partial charge in [0.1, 0.15) is 5.01 Å². The van der Waals surface area contributed by atoms with Crippen LogP contribution in [0.2, 0.25) is 0 Å². The highest BCUT2D eigenvalue weighted by Crippen LogP contribution is 2.29. The van der Waals surface area contributed by atoms with Crippen molar-refractivity contribution in [3.8, 4) is 10.7 Å². The highest BCUT2D eigenvalue weighted by Gasteiger charge is 2.18. The third kappa shape index (κ3) is 2.99. The summed E-state index contributed by atoms with van der Waals surface area (Å²) in [6.07, 6.45) is 4.70. The lowest BCUT2D eigenvalue weighted by molar-refractivity contribution is 0.330. The first kappa shape index (κ1) is 13.9. The molecule has 0 saturated carbocycles. The molecule has 108 valence electrons. The van der Waals surface area contributed by atoms with Gasteiger partial charge in [0.2, 0.25) is 4.77 Å². The van der Waals surface area contributed by atoms with Gasteiger partial charge >= 0.3 is 0 Å². The number of likely N-dealkylation sites (tertiary alicyclic amines) is 1. The fourth-order valence-electron chi connectivity index (χ4n) is 2.57. The monoisotopic (exact) mass is 309 g/mol. The number of H-pyrrole nitrogens is 2. The molecule has 0 atom stereocenters. The Kier molecular flexibility index (Phi) is 4.28. The maximum absolute atomic E-state index is 5.04. The molecule has 2 aromatic rings. The number of aryl methyl sites for hydroxylation is 1. The zero-order valence-electron chi connectivity index (χ0n) is 11.6. The maximum atomic E-state index is 5.04. The lowest BCUT2D eigenvalue weighted by atomic mass is 10.2. The molecule has 1 saturated heterocycles. The van der Waals surface area contributed by atoms with Crippen LogP contribution in [0.4, 0.5) is 0 Å². The van der Waals surface area contributed by atoms with Crippen molar-refractivity contribution >= 4 is 23.6 Å². The summed E-state index contributed by atoms with van der Waals surface area (Å²) < 4.78 is 0.497. The summed E-state index contributed by atoms with van der Waals surface area (Å²) in [7, 11) is 0. The molecule has 2 aromatic heterocycles. The van der Waals surface area contributed by atoms with Crippen LogP contribution in [0.15, 0.2) is 0 Å². The van der Waals surface area contributed by atoms with Gasteiger partial charge in [-0.3, -0.25) is 15.1 Å². The van der Waals surface area contributed by atoms with E-state index in [1.54, 1.807) is 11.3 Å². The minimum atomic E-state index is 0.497. The van der Waals surface area contributed by atoms with E-state index < -0.39 is 0 Å². The molecule has 20 heavy (non-hydrogen) atoms. The summed E-state index contributed by atoms with van der Waals surface area (Å²) in [5.74, 6) is 0.823. The molecule has 5 nitrogen and oxygen atoms in total. The largest absolute Gasteiger partial charge is 0.297 e. The average Bonchev–Trinajstić information content (AvgIpc) is 3.12. The topological polar surface area (TPSA) is 60.6 Å². The Balaban J connectivity index is 1.87. The molecular formula is C13H19N5S2. The van der Waals surface area contributed by atoms with Crippen molar-refractivity contribution in [3.05, 3.63) is 15.5 Å². The van der Waals surface area contributed by atoms with E-state index in [9.17, 15) is 0 Å². The van der Waals surface area contributed by atoms with E-state index in [1.807, 2.05) is 0 Å². The van der Waals surface area contributed by atoms with Gasteiger partial charge in [-0.15, -0.1) is 11.3 Å². The molecule has 0 aliphatic carbocycles. The lowest BCUT2D eigenvalue weighted by Gasteiger charge is -2.11. The van der Waals surface area contributed by atoms with Gasteiger partial charge in [0.05, 0.1) is 17.1 Å². The third-order valence-electron chi connectivity index (χ3n) is 3.50. The van der Waals surface area contributed by atoms with Crippen LogP contribution in [0, 0.1) is 4.77 Å². The number of aromatic nitrogens is 4. The van der Waals surface area contributed by atoms with Gasteiger partial charge in [-0.1, -0.05) is 13.3 Å². The Bertz CT molecular complexity index is 621. The van der Waals surface area contributed by atoms with Crippen molar-refractivity contribution in [1.82, 2.24) is 25.1 Å². The van der Waals surface area contributed by atoms with Gasteiger partial charge in [-0.25, -0.2) is 4.98 Å². The summed E-state index contributed by atoms with van der Waals surface area (Å²) >= 11 is 6.78. The number of nitrogens with zero attached hydrogens (tertiary/aromatic N) is 3. The van der Waals surface area contributed by atoms with Crippen molar-refractivity contribution in [3.63, 3.8) is 0 Å². The molecule has 7 heteroatoms. The Morgan fingerprint density at radius 1 is 1.25 bits per heavy atom. The molecule has 0 bridgehead atoms. The minimum Gasteiger partial charge on any atom is -0.297 e. The quantitative estimate of drug-likeness (QED) is 0.833. The first-order chi connectivity index (χ1) is 9.76. The van der Waals surface area contributed by atoms with Crippen LogP contribution in [0.25, 0.3) is 10.7 Å². The van der Waals surface area contributed by atoms with E-state index in [-0.39, 0.29) is 0 Å². The fourth-order valence-corrected chi connectivity index (χ4v) is 3.81. The zero-order valence-corrected chi connectivity index (χ0v) is 13.2. The molecule has 0 amide bonds. The van der Waals surface area contributed by atoms with Gasteiger partial charge in [0, 0.05) is 0 Å². The van der Waals surface area contributed by atoms with Crippen LogP contribution < -0.4 is 0 Å². The summed E-state index contributed by atoms with van der Waals surface area (Å²) in [4.78, 5) is 12.8. The molecule has 1 aliphatic heterocycles. The lowest BCUT2D eigenvalue weighted by Crippen LogP contribution is -2.18. The summed E-state index contributed by atoms with van der Waals surface area (Å²) in [5.41, 5.74) is 1.14. The van der Waals surface area contributed by atoms with Crippen LogP contribution >= 0.6 is 23.6 Å². The Morgan fingerprint density at radius 3 is 2.70 bits per heavy atom. The molecule has 0 unspecified atom stereocenters. The van der Waals surface area contributed by atoms with Crippen LogP contribution in [-0.4, -0.2) is 38.2 Å². The molecule has 3 rings (SSSR count). The number of hydrogen-bond donors (Lipinski definition) is 2. The van der Waals surface area contributed by atoms with Crippen molar-refractivity contribution in [2.75, 3.05) is 13.1 Å². The molecular weight excluding hydrogens is 290 g/mol. The molecule has 0 aromatic carbocycles. The fraction of sp³-hybridized carbons (Fsp3) is 0.615. The van der Waals surface area contributed by atoms with Gasteiger partial charge < -0.3 is 0 Å². The van der Waals surface area contributed by atoms with Crippen molar-refractivity contribution in [2.24, 2.45) is 0 Å². The van der Waals surface area contributed by atoms with E-state index >= 15 is 0 Å². The van der Waals surface area contributed by atoms with Crippen LogP contribution in [0.5, 0.6) is 0 Å². The highest BCUT2D eigenvalue weighted by atomic mass is 32.1. The van der Waals surface area contributed by atoms with Crippen molar-refractivity contribution in [1.29, 1.82) is 0 Å². The number of rotatable bonds is 5. The number of aromatic amines is 2. The maximum Gasteiger partial charge on any atom is 0.213 e. The summed E-state index contributed by atoms with van der Waals surface area (Å²) in [6.45, 7) is 5.54. The standard InChI is InChI=1S/C13H19N5S2/c1-2-5-9-11(12-15-13(19)17-16-12)20-10(14-9)8-18-6-3-4-7-18/h2-8H2,1H3,(H2,15,16,17,19). The van der Waals surface area contributed by atoms with E-state index in [0.717, 1.165) is 35.8 Å². The zero-order chi connectivity index (χ0) is 13.9. The smallest absolute Gasteiger partial charge is 0.213 e. The minimum absolute atomic E-state index is 0.497. The van der Waals surface area contributed by atoms with Gasteiger partial charge in [0.25, 0.3) is 0 Å². The van der Waals surface area contributed by atoms with E-state index in [0.29, 0.717) is 4.77 Å². The Labute approximate surface area is 127 Å². The van der Waals surface area contributed by atoms with E-state index in [4.69, 9.17) is 17.2 Å². The van der Waals surface area contributed by atoms with E-state index in [1.165, 1.54) is 30.9 Å². The Morgan fingerprint density at radius 2 is 2.05 bits per heavy atom. The number of thiazole rings is 1. The predicted octanol–water partition coefficient (Wildman–Crippen LogP) is 3.14. The first-order valence-corrected chi connectivity index (χ1v) is 8.34. The number of hydrogen-bond acceptors (Lipinski definition) is 5. The van der Waals surface area contributed by atoms with Gasteiger partial charge in [-0.05, 0) is 44.6 Å². The van der Waals surface area contributed by atoms with Crippen molar-refractivity contribution in [2.45, 2.75) is 39.2 Å². The second kappa shape index (κ2) is 6.15. The third-order valence-corrected chi connectivity index (χ3v) is 4.78. The molecule has 0 radical (unpaired) electrons. The summed E-state index contributed by atoms with van der Waals surface area (Å²) in [6, 6.07) is 0. The van der Waals surface area contributed by atoms with Gasteiger partial charge in [0.15, 0.2) is 5.82 Å². The van der Waals surface area contributed by atoms with Gasteiger partial charge in [-0.2, -0.15) is 4.98 Å². The Hall–Kier alpha value is -1.05. The van der Waals surface area contributed by atoms with Crippen LogP contribution in [0.3, 0.4) is 0 Å².